The maximum Gasteiger partial charge on any atom is 0.253 e. The van der Waals surface area contributed by atoms with Crippen molar-refractivity contribution in [3.63, 3.8) is 0 Å². The van der Waals surface area contributed by atoms with E-state index in [2.05, 4.69) is 11.8 Å². The van der Waals surface area contributed by atoms with E-state index in [9.17, 15) is 9.59 Å². The largest absolute Gasteiger partial charge is 0.338 e. The molecule has 27 heavy (non-hydrogen) atoms. The first-order valence-corrected chi connectivity index (χ1v) is 10.7. The minimum atomic E-state index is -0.0312. The molecule has 1 aliphatic carbocycles. The molecule has 0 radical (unpaired) electrons. The van der Waals surface area contributed by atoms with Crippen LogP contribution in [0.25, 0.3) is 0 Å². The predicted molar refractivity (Wildman–Crippen MR) is 106 cm³/mol. The van der Waals surface area contributed by atoms with E-state index in [4.69, 9.17) is 0 Å². The molecule has 146 valence electrons. The van der Waals surface area contributed by atoms with Crippen molar-refractivity contribution >= 4 is 11.8 Å². The predicted octanol–water partition coefficient (Wildman–Crippen LogP) is 4.03. The molecule has 4 unspecified atom stereocenters. The van der Waals surface area contributed by atoms with E-state index < -0.39 is 0 Å². The lowest BCUT2D eigenvalue weighted by atomic mass is 9.84. The summed E-state index contributed by atoms with van der Waals surface area (Å²) in [6.07, 6.45) is 8.01. The van der Waals surface area contributed by atoms with E-state index in [1.165, 1.54) is 25.7 Å². The van der Waals surface area contributed by atoms with Gasteiger partial charge < -0.3 is 9.80 Å². The van der Waals surface area contributed by atoms with Crippen LogP contribution in [0.2, 0.25) is 0 Å². The number of benzene rings is 1. The van der Waals surface area contributed by atoms with E-state index in [0.29, 0.717) is 30.5 Å². The van der Waals surface area contributed by atoms with E-state index >= 15 is 0 Å². The van der Waals surface area contributed by atoms with Crippen molar-refractivity contribution in [3.05, 3.63) is 35.4 Å². The molecule has 2 amide bonds. The van der Waals surface area contributed by atoms with Crippen molar-refractivity contribution < 1.29 is 9.59 Å². The molecule has 0 N–H and O–H groups in total. The van der Waals surface area contributed by atoms with Crippen molar-refractivity contribution in [1.29, 1.82) is 0 Å². The smallest absolute Gasteiger partial charge is 0.253 e. The van der Waals surface area contributed by atoms with E-state index in [1.54, 1.807) is 0 Å². The van der Waals surface area contributed by atoms with Gasteiger partial charge in [-0.25, -0.2) is 0 Å². The third-order valence-corrected chi connectivity index (χ3v) is 6.96. The molecular formula is C23H32N2O2. The number of likely N-dealkylation sites (tertiary alicyclic amines) is 2. The average molecular weight is 369 g/mol. The Morgan fingerprint density at radius 1 is 1.00 bits per heavy atom. The minimum Gasteiger partial charge on any atom is -0.338 e. The molecule has 4 rings (SSSR count). The second kappa shape index (κ2) is 7.65. The molecule has 0 aromatic heterocycles. The fourth-order valence-electron chi connectivity index (χ4n) is 5.54. The van der Waals surface area contributed by atoms with Crippen LogP contribution < -0.4 is 0 Å². The first kappa shape index (κ1) is 18.5. The molecule has 4 heteroatoms. The Hall–Kier alpha value is -1.84. The number of piperidine rings is 1. The summed E-state index contributed by atoms with van der Waals surface area (Å²) >= 11 is 0. The topological polar surface area (TPSA) is 40.6 Å². The molecule has 3 aliphatic rings. The zero-order valence-corrected chi connectivity index (χ0v) is 16.7. The first-order valence-electron chi connectivity index (χ1n) is 10.7. The maximum absolute atomic E-state index is 13.4. The number of fused-ring (bicyclic) bond motifs is 1. The second-order valence-corrected chi connectivity index (χ2v) is 8.90. The minimum absolute atomic E-state index is 0.0312. The Morgan fingerprint density at radius 2 is 1.74 bits per heavy atom. The molecule has 1 aromatic carbocycles. The maximum atomic E-state index is 13.4. The molecule has 0 spiro atoms. The van der Waals surface area contributed by atoms with Crippen molar-refractivity contribution in [2.75, 3.05) is 13.1 Å². The number of hydrogen-bond donors (Lipinski definition) is 0. The van der Waals surface area contributed by atoms with E-state index in [0.717, 1.165) is 36.9 Å². The van der Waals surface area contributed by atoms with Crippen LogP contribution in [0.1, 0.15) is 67.8 Å². The number of rotatable bonds is 2. The van der Waals surface area contributed by atoms with Gasteiger partial charge in [-0.3, -0.25) is 9.59 Å². The molecule has 0 bridgehead atoms. The number of nitrogens with zero attached hydrogens (tertiary/aromatic N) is 2. The molecule has 1 aromatic rings. The lowest BCUT2D eigenvalue weighted by molar-refractivity contribution is -0.140. The third-order valence-electron chi connectivity index (χ3n) is 6.96. The van der Waals surface area contributed by atoms with E-state index in [1.807, 2.05) is 36.1 Å². The van der Waals surface area contributed by atoms with Gasteiger partial charge in [0.05, 0.1) is 5.92 Å². The van der Waals surface area contributed by atoms with Gasteiger partial charge in [0.2, 0.25) is 5.91 Å². The molecule has 4 atom stereocenters. The van der Waals surface area contributed by atoms with Crippen molar-refractivity contribution in [3.8, 4) is 0 Å². The summed E-state index contributed by atoms with van der Waals surface area (Å²) in [6.45, 7) is 5.58. The normalized spacial score (nSPS) is 30.9. The molecule has 1 saturated carbocycles. The van der Waals surface area contributed by atoms with Crippen LogP contribution in [0.3, 0.4) is 0 Å². The Balaban J connectivity index is 1.45. The SMILES string of the molecule is Cc1ccc(C(=O)N2CCCC(C(=O)N3C(C)CC4CCCCC43)C2)cc1. The first-order chi connectivity index (χ1) is 13.0. The number of carbonyl (C=O) groups is 2. The van der Waals surface area contributed by atoms with Gasteiger partial charge >= 0.3 is 0 Å². The summed E-state index contributed by atoms with van der Waals surface area (Å²) in [6, 6.07) is 8.57. The molecule has 2 aliphatic heterocycles. The Kier molecular flexibility index (Phi) is 5.25. The highest BCUT2D eigenvalue weighted by molar-refractivity contribution is 5.94. The molecule has 3 fully saturated rings. The molecule has 2 saturated heterocycles. The Bertz CT molecular complexity index is 699. The summed E-state index contributed by atoms with van der Waals surface area (Å²) in [4.78, 5) is 30.4. The fraction of sp³-hybridized carbons (Fsp3) is 0.652. The third kappa shape index (κ3) is 3.63. The van der Waals surface area contributed by atoms with E-state index in [-0.39, 0.29) is 11.8 Å². The lowest BCUT2D eigenvalue weighted by Gasteiger charge is -2.39. The highest BCUT2D eigenvalue weighted by Crippen LogP contribution is 2.40. The Morgan fingerprint density at radius 3 is 2.52 bits per heavy atom. The van der Waals surface area contributed by atoms with Gasteiger partial charge in [0.1, 0.15) is 0 Å². The number of carbonyl (C=O) groups excluding carboxylic acids is 2. The van der Waals surface area contributed by atoms with Gasteiger partial charge in [0.25, 0.3) is 5.91 Å². The van der Waals surface area contributed by atoms with Crippen LogP contribution in [-0.2, 0) is 4.79 Å². The van der Waals surface area contributed by atoms with Crippen LogP contribution in [-0.4, -0.2) is 46.8 Å². The number of aryl methyl sites for hydroxylation is 1. The van der Waals surface area contributed by atoms with Crippen LogP contribution in [0, 0.1) is 18.8 Å². The van der Waals surface area contributed by atoms with Crippen LogP contribution in [0.15, 0.2) is 24.3 Å². The molecule has 4 nitrogen and oxygen atoms in total. The van der Waals surface area contributed by atoms with Crippen LogP contribution in [0.4, 0.5) is 0 Å². The monoisotopic (exact) mass is 368 g/mol. The van der Waals surface area contributed by atoms with Gasteiger partial charge in [-0.15, -0.1) is 0 Å². The van der Waals surface area contributed by atoms with Crippen molar-refractivity contribution in [1.82, 2.24) is 9.80 Å². The zero-order valence-electron chi connectivity index (χ0n) is 16.7. The quantitative estimate of drug-likeness (QED) is 0.791. The standard InChI is InChI=1S/C23H32N2O2/c1-16-9-11-18(12-10-16)22(26)24-13-5-7-20(15-24)23(27)25-17(2)14-19-6-3-4-8-21(19)25/h9-12,17,19-21H,3-8,13-15H2,1-2H3. The zero-order chi connectivity index (χ0) is 19.0. The fourth-order valence-corrected chi connectivity index (χ4v) is 5.54. The van der Waals surface area contributed by atoms with Gasteiger partial charge in [0.15, 0.2) is 0 Å². The van der Waals surface area contributed by atoms with Crippen LogP contribution in [0.5, 0.6) is 0 Å². The Labute approximate surface area is 162 Å². The van der Waals surface area contributed by atoms with Gasteiger partial charge in [0, 0.05) is 30.7 Å². The number of amides is 2. The second-order valence-electron chi connectivity index (χ2n) is 8.90. The number of hydrogen-bond acceptors (Lipinski definition) is 2. The van der Waals surface area contributed by atoms with Gasteiger partial charge in [-0.05, 0) is 64.0 Å². The highest BCUT2D eigenvalue weighted by atomic mass is 16.2. The molecular weight excluding hydrogens is 336 g/mol. The van der Waals surface area contributed by atoms with Gasteiger partial charge in [-0.1, -0.05) is 30.5 Å². The van der Waals surface area contributed by atoms with Crippen molar-refractivity contribution in [2.45, 2.75) is 70.9 Å². The summed E-state index contributed by atoms with van der Waals surface area (Å²) in [7, 11) is 0. The van der Waals surface area contributed by atoms with Crippen molar-refractivity contribution in [2.24, 2.45) is 11.8 Å². The summed E-state index contributed by atoms with van der Waals surface area (Å²) in [5.41, 5.74) is 1.89. The average Bonchev–Trinajstić information content (AvgIpc) is 3.03. The van der Waals surface area contributed by atoms with Crippen LogP contribution >= 0.6 is 0 Å². The highest BCUT2D eigenvalue weighted by Gasteiger charge is 2.44. The summed E-state index contributed by atoms with van der Waals surface area (Å²) in [5, 5.41) is 0. The summed E-state index contributed by atoms with van der Waals surface area (Å²) < 4.78 is 0. The lowest BCUT2D eigenvalue weighted by Crippen LogP contribution is -2.50. The molecule has 2 heterocycles. The van der Waals surface area contributed by atoms with Gasteiger partial charge in [-0.2, -0.15) is 0 Å². The summed E-state index contributed by atoms with van der Waals surface area (Å²) in [5.74, 6) is 1.04.